The van der Waals surface area contributed by atoms with Crippen molar-refractivity contribution in [3.05, 3.63) is 42.5 Å². The Morgan fingerprint density at radius 2 is 2.00 bits per heavy atom. The zero-order valence-corrected chi connectivity index (χ0v) is 15.2. The first-order valence-electron chi connectivity index (χ1n) is 10.3. The lowest BCUT2D eigenvalue weighted by Crippen LogP contribution is -2.50. The fourth-order valence-corrected chi connectivity index (χ4v) is 7.25. The number of hydrogen-bond donors (Lipinski definition) is 1. The van der Waals surface area contributed by atoms with E-state index in [4.69, 9.17) is 0 Å². The summed E-state index contributed by atoms with van der Waals surface area (Å²) in [5.41, 5.74) is 0.848. The molecule has 1 amide bonds. The number of rotatable bonds is 5. The van der Waals surface area contributed by atoms with E-state index >= 15 is 0 Å². The van der Waals surface area contributed by atoms with E-state index in [1.54, 1.807) is 0 Å². The lowest BCUT2D eigenvalue weighted by Gasteiger charge is -2.46. The van der Waals surface area contributed by atoms with E-state index in [0.29, 0.717) is 29.6 Å². The van der Waals surface area contributed by atoms with Gasteiger partial charge in [0, 0.05) is 5.69 Å². The number of benzene rings is 1. The van der Waals surface area contributed by atoms with Crippen LogP contribution in [0.2, 0.25) is 0 Å². The molecule has 0 radical (unpaired) electrons. The second-order valence-corrected chi connectivity index (χ2v) is 8.90. The van der Waals surface area contributed by atoms with Crippen molar-refractivity contribution in [2.24, 2.45) is 40.9 Å². The van der Waals surface area contributed by atoms with Crippen molar-refractivity contribution in [2.75, 3.05) is 5.32 Å². The Morgan fingerprint density at radius 3 is 2.80 bits per heavy atom. The van der Waals surface area contributed by atoms with Crippen molar-refractivity contribution < 1.29 is 4.79 Å². The van der Waals surface area contributed by atoms with Crippen LogP contribution >= 0.6 is 0 Å². The number of carbonyl (C=O) groups excluding carboxylic acids is 1. The summed E-state index contributed by atoms with van der Waals surface area (Å²) in [4.78, 5) is 13.6. The molecule has 4 aliphatic carbocycles. The highest BCUT2D eigenvalue weighted by Gasteiger charge is 2.72. The first-order chi connectivity index (χ1) is 12.2. The monoisotopic (exact) mass is 335 g/mol. The standard InChI is InChI=1S/C23H29NO/c1-2-3-7-15-12-18-14-20(15)21-16-10-11-17(13-16)23(18,21)22(25)24-19-8-5-4-6-9-19/h4-6,8-11,15-18,20-21H,2-3,7,12-14H2,1H3,(H,24,25). The van der Waals surface area contributed by atoms with Gasteiger partial charge in [-0.25, -0.2) is 0 Å². The number of hydrogen-bond acceptors (Lipinski definition) is 1. The Hall–Kier alpha value is -1.57. The molecule has 132 valence electrons. The largest absolute Gasteiger partial charge is 0.326 e. The zero-order chi connectivity index (χ0) is 17.0. The molecule has 2 nitrogen and oxygen atoms in total. The maximum Gasteiger partial charge on any atom is 0.231 e. The van der Waals surface area contributed by atoms with Crippen LogP contribution in [0.15, 0.2) is 42.5 Å². The van der Waals surface area contributed by atoms with Crippen LogP contribution in [0.5, 0.6) is 0 Å². The van der Waals surface area contributed by atoms with E-state index in [0.717, 1.165) is 17.5 Å². The molecule has 4 bridgehead atoms. The molecule has 7 atom stereocenters. The number of unbranched alkanes of at least 4 members (excludes halogenated alkanes) is 1. The third-order valence-corrected chi connectivity index (χ3v) is 7.98. The molecule has 4 aliphatic rings. The number of nitrogens with one attached hydrogen (secondary N) is 1. The third kappa shape index (κ3) is 2.06. The van der Waals surface area contributed by atoms with Crippen LogP contribution in [0.1, 0.15) is 45.4 Å². The van der Waals surface area contributed by atoms with Gasteiger partial charge in [-0.05, 0) is 66.9 Å². The molecular formula is C23H29NO. The number of amides is 1. The normalized spacial score (nSPS) is 42.8. The van der Waals surface area contributed by atoms with Gasteiger partial charge in [0.15, 0.2) is 0 Å². The van der Waals surface area contributed by atoms with Gasteiger partial charge in [-0.1, -0.05) is 56.5 Å². The molecule has 25 heavy (non-hydrogen) atoms. The predicted molar refractivity (Wildman–Crippen MR) is 101 cm³/mol. The van der Waals surface area contributed by atoms with Crippen LogP contribution in [-0.2, 0) is 4.79 Å². The van der Waals surface area contributed by atoms with Crippen LogP contribution in [0.3, 0.4) is 0 Å². The minimum Gasteiger partial charge on any atom is -0.326 e. The fourth-order valence-electron chi connectivity index (χ4n) is 7.25. The van der Waals surface area contributed by atoms with Gasteiger partial charge >= 0.3 is 0 Å². The number of carbonyl (C=O) groups is 1. The van der Waals surface area contributed by atoms with Crippen LogP contribution < -0.4 is 5.32 Å². The molecular weight excluding hydrogens is 306 g/mol. The highest BCUT2D eigenvalue weighted by atomic mass is 16.2. The third-order valence-electron chi connectivity index (χ3n) is 7.98. The van der Waals surface area contributed by atoms with Gasteiger partial charge in [0.2, 0.25) is 5.91 Å². The van der Waals surface area contributed by atoms with E-state index in [1.165, 1.54) is 38.5 Å². The number of anilines is 1. The molecule has 7 unspecified atom stereocenters. The Balaban J connectivity index is 1.46. The Labute approximate surface area is 151 Å². The summed E-state index contributed by atoms with van der Waals surface area (Å²) >= 11 is 0. The number of allylic oxidation sites excluding steroid dienone is 2. The Bertz CT molecular complexity index is 695. The number of fused-ring (bicyclic) bond motifs is 9. The lowest BCUT2D eigenvalue weighted by atomic mass is 9.57. The van der Waals surface area contributed by atoms with Crippen molar-refractivity contribution in [1.82, 2.24) is 0 Å². The van der Waals surface area contributed by atoms with Crippen molar-refractivity contribution in [3.8, 4) is 0 Å². The highest BCUT2D eigenvalue weighted by molar-refractivity contribution is 5.97. The van der Waals surface area contributed by atoms with Crippen molar-refractivity contribution >= 4 is 11.6 Å². The molecule has 0 spiro atoms. The molecule has 3 saturated carbocycles. The van der Waals surface area contributed by atoms with E-state index in [1.807, 2.05) is 30.3 Å². The molecule has 0 heterocycles. The van der Waals surface area contributed by atoms with Crippen LogP contribution in [0.4, 0.5) is 5.69 Å². The minimum atomic E-state index is -0.108. The maximum atomic E-state index is 13.6. The molecule has 1 aromatic carbocycles. The second kappa shape index (κ2) is 5.72. The first-order valence-corrected chi connectivity index (χ1v) is 10.3. The van der Waals surface area contributed by atoms with Crippen molar-refractivity contribution in [3.63, 3.8) is 0 Å². The maximum absolute atomic E-state index is 13.6. The summed E-state index contributed by atoms with van der Waals surface area (Å²) in [6.07, 6.45) is 12.7. The second-order valence-electron chi connectivity index (χ2n) is 8.90. The molecule has 3 fully saturated rings. The van der Waals surface area contributed by atoms with E-state index in [9.17, 15) is 4.79 Å². The summed E-state index contributed by atoms with van der Waals surface area (Å²) in [5.74, 6) is 4.33. The Kier molecular flexibility index (Phi) is 3.59. The van der Waals surface area contributed by atoms with Crippen LogP contribution in [0.25, 0.3) is 0 Å². The van der Waals surface area contributed by atoms with Gasteiger partial charge in [0.25, 0.3) is 0 Å². The highest BCUT2D eigenvalue weighted by Crippen LogP contribution is 2.74. The van der Waals surface area contributed by atoms with Crippen molar-refractivity contribution in [1.29, 1.82) is 0 Å². The van der Waals surface area contributed by atoms with Gasteiger partial charge in [-0.15, -0.1) is 0 Å². The summed E-state index contributed by atoms with van der Waals surface area (Å²) in [7, 11) is 0. The molecule has 1 aromatic rings. The first kappa shape index (κ1) is 15.7. The fraction of sp³-hybridized carbons (Fsp3) is 0.609. The van der Waals surface area contributed by atoms with E-state index in [-0.39, 0.29) is 5.41 Å². The summed E-state index contributed by atoms with van der Waals surface area (Å²) in [6, 6.07) is 10.1. The molecule has 2 heteroatoms. The predicted octanol–water partition coefficient (Wildman–Crippen LogP) is 5.28. The van der Waals surface area contributed by atoms with E-state index in [2.05, 4.69) is 24.4 Å². The quantitative estimate of drug-likeness (QED) is 0.575. The van der Waals surface area contributed by atoms with Gasteiger partial charge < -0.3 is 5.32 Å². The molecule has 1 N–H and O–H groups in total. The molecule has 5 rings (SSSR count). The molecule has 0 saturated heterocycles. The SMILES string of the molecule is CCCCC1CC2CC1C1C3C=CC(C3)C21C(=O)Nc1ccccc1. The molecule has 0 aromatic heterocycles. The average molecular weight is 335 g/mol. The van der Waals surface area contributed by atoms with Gasteiger partial charge in [-0.3, -0.25) is 4.79 Å². The van der Waals surface area contributed by atoms with Crippen LogP contribution in [0, 0.1) is 40.9 Å². The summed E-state index contributed by atoms with van der Waals surface area (Å²) in [6.45, 7) is 2.30. The van der Waals surface area contributed by atoms with Gasteiger partial charge in [0.1, 0.15) is 0 Å². The van der Waals surface area contributed by atoms with Crippen molar-refractivity contribution in [2.45, 2.75) is 45.4 Å². The van der Waals surface area contributed by atoms with Gasteiger partial charge in [-0.2, -0.15) is 0 Å². The molecule has 0 aliphatic heterocycles. The minimum absolute atomic E-state index is 0.108. The Morgan fingerprint density at radius 1 is 1.16 bits per heavy atom. The van der Waals surface area contributed by atoms with Gasteiger partial charge in [0.05, 0.1) is 5.41 Å². The smallest absolute Gasteiger partial charge is 0.231 e. The average Bonchev–Trinajstić information content (AvgIpc) is 3.38. The lowest BCUT2D eigenvalue weighted by molar-refractivity contribution is -0.134. The topological polar surface area (TPSA) is 29.1 Å². The van der Waals surface area contributed by atoms with Crippen LogP contribution in [-0.4, -0.2) is 5.91 Å². The zero-order valence-electron chi connectivity index (χ0n) is 15.2. The summed E-state index contributed by atoms with van der Waals surface area (Å²) in [5, 5.41) is 3.30. The number of para-hydroxylation sites is 1. The summed E-state index contributed by atoms with van der Waals surface area (Å²) < 4.78 is 0. The van der Waals surface area contributed by atoms with E-state index < -0.39 is 0 Å².